The molecular formula is C17H22FN5O2. The zero-order chi connectivity index (χ0) is 17.3. The normalized spacial score (nSPS) is 21.3. The Morgan fingerprint density at radius 1 is 1.36 bits per heavy atom. The van der Waals surface area contributed by atoms with Crippen LogP contribution in [0.15, 0.2) is 24.3 Å². The molecule has 25 heavy (non-hydrogen) atoms. The zero-order valence-electron chi connectivity index (χ0n) is 14.3. The number of tetrazole rings is 1. The van der Waals surface area contributed by atoms with Crippen molar-refractivity contribution in [2.24, 2.45) is 0 Å². The third-order valence-electron chi connectivity index (χ3n) is 5.13. The van der Waals surface area contributed by atoms with Gasteiger partial charge in [0.2, 0.25) is 5.95 Å². The monoisotopic (exact) mass is 347 g/mol. The second kappa shape index (κ2) is 6.59. The van der Waals surface area contributed by atoms with Crippen LogP contribution in [0, 0.1) is 5.82 Å². The van der Waals surface area contributed by atoms with E-state index >= 15 is 0 Å². The van der Waals surface area contributed by atoms with Crippen LogP contribution in [0.3, 0.4) is 0 Å². The molecule has 1 aromatic heterocycles. The highest BCUT2D eigenvalue weighted by molar-refractivity contribution is 5.27. The van der Waals surface area contributed by atoms with Crippen molar-refractivity contribution in [3.05, 3.63) is 30.1 Å². The lowest BCUT2D eigenvalue weighted by Gasteiger charge is -2.37. The Bertz CT molecular complexity index is 716. The minimum atomic E-state index is -0.272. The van der Waals surface area contributed by atoms with Gasteiger partial charge in [-0.3, -0.25) is 0 Å². The summed E-state index contributed by atoms with van der Waals surface area (Å²) in [7, 11) is 1.94. The molecule has 1 atom stereocenters. The van der Waals surface area contributed by atoms with Gasteiger partial charge in [0.1, 0.15) is 18.2 Å². The summed E-state index contributed by atoms with van der Waals surface area (Å²) in [6.45, 7) is 1.74. The highest BCUT2D eigenvalue weighted by atomic mass is 19.1. The van der Waals surface area contributed by atoms with Gasteiger partial charge >= 0.3 is 0 Å². The molecule has 7 nitrogen and oxygen atoms in total. The molecule has 1 aliphatic carbocycles. The molecule has 0 N–H and O–H groups in total. The molecule has 134 valence electrons. The molecule has 2 fully saturated rings. The van der Waals surface area contributed by atoms with Gasteiger partial charge in [-0.05, 0) is 54.0 Å². The first-order chi connectivity index (χ1) is 12.2. The number of likely N-dealkylation sites (N-methyl/N-ethyl adjacent to an activating group) is 1. The van der Waals surface area contributed by atoms with E-state index in [9.17, 15) is 4.39 Å². The topological polar surface area (TPSA) is 65.3 Å². The first kappa shape index (κ1) is 16.3. The summed E-state index contributed by atoms with van der Waals surface area (Å²) in [5.74, 6) is 1.09. The average molecular weight is 347 g/mol. The van der Waals surface area contributed by atoms with Gasteiger partial charge in [-0.2, -0.15) is 0 Å². The van der Waals surface area contributed by atoms with Gasteiger partial charge in [0.05, 0.1) is 24.8 Å². The second-order valence-electron chi connectivity index (χ2n) is 6.85. The predicted molar refractivity (Wildman–Crippen MR) is 89.2 cm³/mol. The molecule has 2 aromatic rings. The van der Waals surface area contributed by atoms with Crippen LogP contribution in [0.4, 0.5) is 10.3 Å². The number of halogens is 1. The van der Waals surface area contributed by atoms with Gasteiger partial charge in [-0.15, -0.1) is 0 Å². The average Bonchev–Trinajstić information content (AvgIpc) is 3.23. The number of aromatic nitrogens is 4. The number of rotatable bonds is 6. The molecule has 8 heteroatoms. The Balaban J connectivity index is 1.34. The molecule has 1 saturated heterocycles. The summed E-state index contributed by atoms with van der Waals surface area (Å²) in [4.78, 5) is 1.97. The van der Waals surface area contributed by atoms with Gasteiger partial charge in [0.15, 0.2) is 0 Å². The third kappa shape index (κ3) is 3.30. The minimum Gasteiger partial charge on any atom is -0.492 e. The molecule has 2 aliphatic rings. The number of hydrogen-bond acceptors (Lipinski definition) is 6. The maximum atomic E-state index is 12.9. The van der Waals surface area contributed by atoms with E-state index in [1.54, 1.807) is 12.1 Å². The van der Waals surface area contributed by atoms with E-state index in [0.29, 0.717) is 31.5 Å². The maximum Gasteiger partial charge on any atom is 0.245 e. The van der Waals surface area contributed by atoms with Crippen molar-refractivity contribution in [1.29, 1.82) is 0 Å². The van der Waals surface area contributed by atoms with Crippen LogP contribution in [0.1, 0.15) is 31.7 Å². The molecule has 1 unspecified atom stereocenters. The van der Waals surface area contributed by atoms with E-state index in [4.69, 9.17) is 9.47 Å². The number of ether oxygens (including phenoxy) is 2. The standard InChI is InChI=1S/C17H22FN5O2/c1-22(9-10-24-15-5-3-13(18)4-6-15)16-19-20-21-23(16)14-11-17(25-12-14)7-2-8-17/h3-6,14H,2,7-12H2,1H3. The molecule has 0 amide bonds. The molecule has 4 rings (SSSR count). The molecule has 2 heterocycles. The van der Waals surface area contributed by atoms with E-state index in [1.165, 1.54) is 18.6 Å². The molecule has 1 aliphatic heterocycles. The molecule has 1 saturated carbocycles. The molecule has 0 bridgehead atoms. The number of benzene rings is 1. The van der Waals surface area contributed by atoms with Crippen LogP contribution in [-0.4, -0.2) is 52.6 Å². The summed E-state index contributed by atoms with van der Waals surface area (Å²) in [5, 5.41) is 12.2. The van der Waals surface area contributed by atoms with Gasteiger partial charge in [0, 0.05) is 13.5 Å². The fraction of sp³-hybridized carbons (Fsp3) is 0.588. The molecular weight excluding hydrogens is 325 g/mol. The van der Waals surface area contributed by atoms with Crippen molar-refractivity contribution in [1.82, 2.24) is 20.2 Å². The van der Waals surface area contributed by atoms with E-state index in [1.807, 2.05) is 16.6 Å². The van der Waals surface area contributed by atoms with Gasteiger partial charge < -0.3 is 14.4 Å². The van der Waals surface area contributed by atoms with Crippen molar-refractivity contribution in [3.63, 3.8) is 0 Å². The smallest absolute Gasteiger partial charge is 0.245 e. The van der Waals surface area contributed by atoms with Gasteiger partial charge in [-0.25, -0.2) is 9.07 Å². The molecule has 1 aromatic carbocycles. The lowest BCUT2D eigenvalue weighted by atomic mass is 9.77. The Morgan fingerprint density at radius 3 is 2.84 bits per heavy atom. The summed E-state index contributed by atoms with van der Waals surface area (Å²) in [5.41, 5.74) is 0.0676. The number of anilines is 1. The summed E-state index contributed by atoms with van der Waals surface area (Å²) in [6, 6.07) is 6.19. The van der Waals surface area contributed by atoms with Crippen molar-refractivity contribution in [2.75, 3.05) is 31.7 Å². The largest absolute Gasteiger partial charge is 0.492 e. The van der Waals surface area contributed by atoms with Crippen molar-refractivity contribution >= 4 is 5.95 Å². The third-order valence-corrected chi connectivity index (χ3v) is 5.13. The quantitative estimate of drug-likeness (QED) is 0.798. The number of nitrogens with zero attached hydrogens (tertiary/aromatic N) is 5. The van der Waals surface area contributed by atoms with E-state index < -0.39 is 0 Å². The van der Waals surface area contributed by atoms with Crippen LogP contribution in [-0.2, 0) is 4.74 Å². The minimum absolute atomic E-state index is 0.0676. The first-order valence-corrected chi connectivity index (χ1v) is 8.67. The van der Waals surface area contributed by atoms with Gasteiger partial charge in [-0.1, -0.05) is 5.10 Å². The summed E-state index contributed by atoms with van der Waals surface area (Å²) >= 11 is 0. The highest BCUT2D eigenvalue weighted by Crippen LogP contribution is 2.47. The molecule has 0 radical (unpaired) electrons. The van der Waals surface area contributed by atoms with E-state index in [2.05, 4.69) is 15.5 Å². The second-order valence-corrected chi connectivity index (χ2v) is 6.85. The highest BCUT2D eigenvalue weighted by Gasteiger charge is 2.46. The Morgan fingerprint density at radius 2 is 2.16 bits per heavy atom. The van der Waals surface area contributed by atoms with Gasteiger partial charge in [0.25, 0.3) is 0 Å². The van der Waals surface area contributed by atoms with Crippen LogP contribution >= 0.6 is 0 Å². The lowest BCUT2D eigenvalue weighted by molar-refractivity contribution is -0.0564. The Kier molecular flexibility index (Phi) is 4.29. The van der Waals surface area contributed by atoms with Crippen LogP contribution in [0.25, 0.3) is 0 Å². The SMILES string of the molecule is CN(CCOc1ccc(F)cc1)c1nnnn1C1COC2(CCC2)C1. The maximum absolute atomic E-state index is 12.9. The fourth-order valence-electron chi connectivity index (χ4n) is 3.50. The summed E-state index contributed by atoms with van der Waals surface area (Å²) < 4.78 is 26.4. The lowest BCUT2D eigenvalue weighted by Crippen LogP contribution is -2.36. The number of hydrogen-bond donors (Lipinski definition) is 0. The van der Waals surface area contributed by atoms with Crippen LogP contribution < -0.4 is 9.64 Å². The van der Waals surface area contributed by atoms with Crippen molar-refractivity contribution in [2.45, 2.75) is 37.3 Å². The van der Waals surface area contributed by atoms with Crippen LogP contribution in [0.5, 0.6) is 5.75 Å². The first-order valence-electron chi connectivity index (χ1n) is 8.67. The fourth-order valence-corrected chi connectivity index (χ4v) is 3.50. The molecule has 1 spiro atoms. The van der Waals surface area contributed by atoms with Crippen LogP contribution in [0.2, 0.25) is 0 Å². The Labute approximate surface area is 145 Å². The summed E-state index contributed by atoms with van der Waals surface area (Å²) in [6.07, 6.45) is 4.51. The van der Waals surface area contributed by atoms with E-state index in [0.717, 1.165) is 19.3 Å². The van der Waals surface area contributed by atoms with Crippen molar-refractivity contribution < 1.29 is 13.9 Å². The predicted octanol–water partition coefficient (Wildman–Crippen LogP) is 2.21. The van der Waals surface area contributed by atoms with E-state index in [-0.39, 0.29) is 17.5 Å². The Hall–Kier alpha value is -2.22. The zero-order valence-corrected chi connectivity index (χ0v) is 14.3. The van der Waals surface area contributed by atoms with Crippen molar-refractivity contribution in [3.8, 4) is 5.75 Å².